The topological polar surface area (TPSA) is 74.7 Å². The fourth-order valence-electron chi connectivity index (χ4n) is 1.64. The Kier molecular flexibility index (Phi) is 4.94. The molecule has 0 heterocycles. The summed E-state index contributed by atoms with van der Waals surface area (Å²) in [4.78, 5) is 10.8. The standard InChI is InChI=1S/C11H21NO4S/c1-3-4-7-17(15,16)12(10-5-6-10)8-9(2)11(13)14/h9-10H,3-8H2,1-2H3,(H,13,14). The van der Waals surface area contributed by atoms with Crippen molar-refractivity contribution in [3.63, 3.8) is 0 Å². The van der Waals surface area contributed by atoms with Gasteiger partial charge < -0.3 is 5.11 Å². The molecule has 0 aliphatic heterocycles. The number of unbranched alkanes of at least 4 members (excludes halogenated alkanes) is 1. The van der Waals surface area contributed by atoms with E-state index < -0.39 is 21.9 Å². The Hall–Kier alpha value is -0.620. The second-order valence-corrected chi connectivity index (χ2v) is 6.75. The van der Waals surface area contributed by atoms with Gasteiger partial charge in [0, 0.05) is 12.6 Å². The molecule has 1 atom stereocenters. The second-order valence-electron chi connectivity index (χ2n) is 4.71. The predicted octanol–water partition coefficient (Wildman–Crippen LogP) is 1.30. The van der Waals surface area contributed by atoms with Crippen molar-refractivity contribution in [1.82, 2.24) is 4.31 Å². The molecule has 0 aromatic carbocycles. The maximum Gasteiger partial charge on any atom is 0.307 e. The Morgan fingerprint density at radius 1 is 1.47 bits per heavy atom. The molecule has 0 aromatic rings. The highest BCUT2D eigenvalue weighted by Gasteiger charge is 2.38. The van der Waals surface area contributed by atoms with Crippen molar-refractivity contribution in [2.24, 2.45) is 5.92 Å². The number of hydrogen-bond donors (Lipinski definition) is 1. The van der Waals surface area contributed by atoms with Crippen LogP contribution in [0.5, 0.6) is 0 Å². The zero-order valence-corrected chi connectivity index (χ0v) is 11.2. The lowest BCUT2D eigenvalue weighted by Gasteiger charge is -2.23. The zero-order valence-electron chi connectivity index (χ0n) is 10.4. The third kappa shape index (κ3) is 4.27. The van der Waals surface area contributed by atoms with Gasteiger partial charge >= 0.3 is 5.97 Å². The van der Waals surface area contributed by atoms with Gasteiger partial charge in [0.1, 0.15) is 0 Å². The van der Waals surface area contributed by atoms with Crippen LogP contribution in [0.4, 0.5) is 0 Å². The lowest BCUT2D eigenvalue weighted by Crippen LogP contribution is -2.39. The van der Waals surface area contributed by atoms with E-state index in [9.17, 15) is 13.2 Å². The van der Waals surface area contributed by atoms with Crippen LogP contribution in [0, 0.1) is 5.92 Å². The van der Waals surface area contributed by atoms with Gasteiger partial charge in [0.2, 0.25) is 10.0 Å². The number of carboxylic acid groups (broad SMARTS) is 1. The van der Waals surface area contributed by atoms with E-state index in [-0.39, 0.29) is 18.3 Å². The average molecular weight is 263 g/mol. The molecule has 0 aromatic heterocycles. The normalized spacial score (nSPS) is 18.3. The van der Waals surface area contributed by atoms with Crippen molar-refractivity contribution in [2.45, 2.75) is 45.6 Å². The van der Waals surface area contributed by atoms with Crippen LogP contribution >= 0.6 is 0 Å². The first-order valence-electron chi connectivity index (χ1n) is 6.10. The zero-order chi connectivity index (χ0) is 13.1. The lowest BCUT2D eigenvalue weighted by atomic mass is 10.2. The van der Waals surface area contributed by atoms with E-state index in [0.717, 1.165) is 19.3 Å². The van der Waals surface area contributed by atoms with Crippen molar-refractivity contribution in [3.8, 4) is 0 Å². The first kappa shape index (κ1) is 14.4. The minimum Gasteiger partial charge on any atom is -0.481 e. The van der Waals surface area contributed by atoms with Crippen molar-refractivity contribution in [1.29, 1.82) is 0 Å². The number of carboxylic acids is 1. The van der Waals surface area contributed by atoms with E-state index in [0.29, 0.717) is 6.42 Å². The fraction of sp³-hybridized carbons (Fsp3) is 0.909. The molecule has 5 nitrogen and oxygen atoms in total. The number of rotatable bonds is 8. The summed E-state index contributed by atoms with van der Waals surface area (Å²) < 4.78 is 25.5. The van der Waals surface area contributed by atoms with Gasteiger partial charge in [-0.1, -0.05) is 20.3 Å². The first-order valence-corrected chi connectivity index (χ1v) is 7.71. The predicted molar refractivity (Wildman–Crippen MR) is 65.2 cm³/mol. The summed E-state index contributed by atoms with van der Waals surface area (Å²) in [5.74, 6) is -1.46. The highest BCUT2D eigenvalue weighted by Crippen LogP contribution is 2.30. The van der Waals surface area contributed by atoms with Crippen LogP contribution in [0.15, 0.2) is 0 Å². The first-order chi connectivity index (χ1) is 7.88. The van der Waals surface area contributed by atoms with Gasteiger partial charge in [-0.3, -0.25) is 4.79 Å². The molecule has 1 aliphatic rings. The van der Waals surface area contributed by atoms with Gasteiger partial charge in [0.25, 0.3) is 0 Å². The van der Waals surface area contributed by atoms with Gasteiger partial charge in [-0.2, -0.15) is 4.31 Å². The molecule has 1 rings (SSSR count). The van der Waals surface area contributed by atoms with Gasteiger partial charge in [-0.05, 0) is 19.3 Å². The van der Waals surface area contributed by atoms with Crippen molar-refractivity contribution in [2.75, 3.05) is 12.3 Å². The summed E-state index contributed by atoms with van der Waals surface area (Å²) in [6, 6.07) is 0.0404. The molecule has 0 bridgehead atoms. The third-order valence-corrected chi connectivity index (χ3v) is 4.91. The Morgan fingerprint density at radius 3 is 2.47 bits per heavy atom. The molecule has 0 radical (unpaired) electrons. The maximum atomic E-state index is 12.1. The number of aliphatic carboxylic acids is 1. The van der Waals surface area contributed by atoms with E-state index >= 15 is 0 Å². The molecule has 1 unspecified atom stereocenters. The molecule has 6 heteroatoms. The van der Waals surface area contributed by atoms with Crippen LogP contribution in [0.1, 0.15) is 39.5 Å². The number of carbonyl (C=O) groups is 1. The van der Waals surface area contributed by atoms with E-state index in [1.54, 1.807) is 6.92 Å². The van der Waals surface area contributed by atoms with Crippen LogP contribution in [0.25, 0.3) is 0 Å². The quantitative estimate of drug-likeness (QED) is 0.716. The van der Waals surface area contributed by atoms with Crippen LogP contribution in [-0.4, -0.2) is 42.1 Å². The molecule has 1 saturated carbocycles. The highest BCUT2D eigenvalue weighted by atomic mass is 32.2. The Balaban J connectivity index is 2.68. The van der Waals surface area contributed by atoms with Gasteiger partial charge in [-0.15, -0.1) is 0 Å². The summed E-state index contributed by atoms with van der Waals surface area (Å²) in [7, 11) is -3.28. The molecule has 1 N–H and O–H groups in total. The molecular weight excluding hydrogens is 242 g/mol. The number of sulfonamides is 1. The van der Waals surface area contributed by atoms with Gasteiger partial charge in [0.05, 0.1) is 11.7 Å². The summed E-state index contributed by atoms with van der Waals surface area (Å²) in [5.41, 5.74) is 0. The van der Waals surface area contributed by atoms with Gasteiger partial charge in [-0.25, -0.2) is 8.42 Å². The van der Waals surface area contributed by atoms with Crippen LogP contribution in [-0.2, 0) is 14.8 Å². The number of hydrogen-bond acceptors (Lipinski definition) is 3. The van der Waals surface area contributed by atoms with Crippen LogP contribution in [0.2, 0.25) is 0 Å². The monoisotopic (exact) mass is 263 g/mol. The lowest BCUT2D eigenvalue weighted by molar-refractivity contribution is -0.141. The minimum absolute atomic E-state index is 0.0404. The maximum absolute atomic E-state index is 12.1. The highest BCUT2D eigenvalue weighted by molar-refractivity contribution is 7.89. The Morgan fingerprint density at radius 2 is 2.06 bits per heavy atom. The molecule has 1 aliphatic carbocycles. The summed E-state index contributed by atoms with van der Waals surface area (Å²) in [6.45, 7) is 3.59. The Labute approximate surface area is 103 Å². The molecule has 0 saturated heterocycles. The summed E-state index contributed by atoms with van der Waals surface area (Å²) in [6.07, 6.45) is 3.18. The minimum atomic E-state index is -3.28. The Bertz CT molecular complexity index is 362. The smallest absolute Gasteiger partial charge is 0.307 e. The van der Waals surface area contributed by atoms with E-state index in [1.807, 2.05) is 6.92 Å². The summed E-state index contributed by atoms with van der Waals surface area (Å²) in [5, 5.41) is 8.85. The largest absolute Gasteiger partial charge is 0.481 e. The van der Waals surface area contributed by atoms with E-state index in [2.05, 4.69) is 0 Å². The second kappa shape index (κ2) is 5.82. The average Bonchev–Trinajstić information content (AvgIpc) is 3.06. The summed E-state index contributed by atoms with van der Waals surface area (Å²) >= 11 is 0. The van der Waals surface area contributed by atoms with Crippen LogP contribution < -0.4 is 0 Å². The molecule has 1 fully saturated rings. The van der Waals surface area contributed by atoms with Crippen LogP contribution in [0.3, 0.4) is 0 Å². The van der Waals surface area contributed by atoms with E-state index in [1.165, 1.54) is 4.31 Å². The molecule has 0 spiro atoms. The van der Waals surface area contributed by atoms with Crippen molar-refractivity contribution < 1.29 is 18.3 Å². The van der Waals surface area contributed by atoms with Crippen molar-refractivity contribution in [3.05, 3.63) is 0 Å². The number of nitrogens with zero attached hydrogens (tertiary/aromatic N) is 1. The van der Waals surface area contributed by atoms with Gasteiger partial charge in [0.15, 0.2) is 0 Å². The third-order valence-electron chi connectivity index (χ3n) is 2.94. The molecular formula is C11H21NO4S. The SMILES string of the molecule is CCCCS(=O)(=O)N(CC(C)C(=O)O)C1CC1. The molecule has 0 amide bonds. The van der Waals surface area contributed by atoms with E-state index in [4.69, 9.17) is 5.11 Å². The molecule has 17 heavy (non-hydrogen) atoms. The fourth-order valence-corrected chi connectivity index (χ4v) is 3.65. The molecule has 100 valence electrons. The van der Waals surface area contributed by atoms with Crippen molar-refractivity contribution >= 4 is 16.0 Å².